The van der Waals surface area contributed by atoms with Gasteiger partial charge in [0.2, 0.25) is 5.91 Å². The van der Waals surface area contributed by atoms with Gasteiger partial charge in [-0.3, -0.25) is 4.79 Å². The van der Waals surface area contributed by atoms with E-state index in [0.29, 0.717) is 6.54 Å². The highest BCUT2D eigenvalue weighted by Crippen LogP contribution is 1.97. The first kappa shape index (κ1) is 13.1. The molecule has 0 bridgehead atoms. The minimum Gasteiger partial charge on any atom is -0.348 e. The van der Waals surface area contributed by atoms with Crippen LogP contribution in [0.5, 0.6) is 0 Å². The van der Waals surface area contributed by atoms with Crippen molar-refractivity contribution in [3.05, 3.63) is 12.2 Å². The minimum atomic E-state index is -0.186. The summed E-state index contributed by atoms with van der Waals surface area (Å²) in [6, 6.07) is 0. The Kier molecular flexibility index (Phi) is 5.42. The predicted molar refractivity (Wildman–Crippen MR) is 56.7 cm³/mol. The van der Waals surface area contributed by atoms with Crippen molar-refractivity contribution >= 4 is 5.91 Å². The average molecular weight is 200 g/mol. The molecule has 0 aromatic heterocycles. The molecule has 0 aliphatic rings. The van der Waals surface area contributed by atoms with E-state index in [-0.39, 0.29) is 11.4 Å². The van der Waals surface area contributed by atoms with Gasteiger partial charge in [-0.2, -0.15) is 5.06 Å². The molecule has 0 saturated carbocycles. The van der Waals surface area contributed by atoms with Gasteiger partial charge in [-0.25, -0.2) is 0 Å². The number of amides is 1. The molecule has 0 aromatic rings. The lowest BCUT2D eigenvalue weighted by Gasteiger charge is -2.19. The second kappa shape index (κ2) is 5.78. The molecule has 4 nitrogen and oxygen atoms in total. The van der Waals surface area contributed by atoms with Crippen molar-refractivity contribution < 1.29 is 9.63 Å². The summed E-state index contributed by atoms with van der Waals surface area (Å²) >= 11 is 0. The average Bonchev–Trinajstić information content (AvgIpc) is 2.00. The number of hydrogen-bond acceptors (Lipinski definition) is 3. The van der Waals surface area contributed by atoms with Gasteiger partial charge in [-0.1, -0.05) is 6.08 Å². The molecule has 1 amide bonds. The fourth-order valence-electron chi connectivity index (χ4n) is 0.794. The van der Waals surface area contributed by atoms with Gasteiger partial charge in [0.05, 0.1) is 7.11 Å². The molecule has 82 valence electrons. The maximum Gasteiger partial charge on any atom is 0.244 e. The van der Waals surface area contributed by atoms with Crippen LogP contribution >= 0.6 is 0 Å². The molecule has 0 aliphatic heterocycles. The van der Waals surface area contributed by atoms with Crippen molar-refractivity contribution in [1.29, 1.82) is 0 Å². The smallest absolute Gasteiger partial charge is 0.244 e. The third-order valence-corrected chi connectivity index (χ3v) is 1.44. The first-order chi connectivity index (χ1) is 6.35. The van der Waals surface area contributed by atoms with Gasteiger partial charge >= 0.3 is 0 Å². The number of carbonyl (C=O) groups excluding carboxylic acids is 1. The Morgan fingerprint density at radius 1 is 1.50 bits per heavy atom. The van der Waals surface area contributed by atoms with Gasteiger partial charge in [-0.05, 0) is 20.8 Å². The van der Waals surface area contributed by atoms with Crippen molar-refractivity contribution in [3.63, 3.8) is 0 Å². The van der Waals surface area contributed by atoms with Gasteiger partial charge in [0.1, 0.15) is 0 Å². The molecule has 0 rings (SSSR count). The Labute approximate surface area is 85.9 Å². The number of hydrogen-bond donors (Lipinski definition) is 1. The van der Waals surface area contributed by atoms with Crippen LogP contribution in [-0.4, -0.2) is 37.2 Å². The molecule has 14 heavy (non-hydrogen) atoms. The van der Waals surface area contributed by atoms with E-state index >= 15 is 0 Å². The van der Waals surface area contributed by atoms with Crippen molar-refractivity contribution in [2.75, 3.05) is 20.7 Å². The lowest BCUT2D eigenvalue weighted by Crippen LogP contribution is -2.39. The summed E-state index contributed by atoms with van der Waals surface area (Å²) in [5.74, 6) is -0.0815. The number of rotatable bonds is 4. The summed E-state index contributed by atoms with van der Waals surface area (Å²) in [7, 11) is 3.38. The van der Waals surface area contributed by atoms with E-state index in [2.05, 4.69) is 5.32 Å². The monoisotopic (exact) mass is 200 g/mol. The molecule has 0 aliphatic carbocycles. The molecule has 0 radical (unpaired) electrons. The lowest BCUT2D eigenvalue weighted by atomic mass is 10.1. The van der Waals surface area contributed by atoms with Crippen LogP contribution < -0.4 is 5.32 Å². The third kappa shape index (κ3) is 7.76. The van der Waals surface area contributed by atoms with E-state index in [9.17, 15) is 4.79 Å². The molecule has 0 fully saturated rings. The third-order valence-electron chi connectivity index (χ3n) is 1.44. The largest absolute Gasteiger partial charge is 0.348 e. The summed E-state index contributed by atoms with van der Waals surface area (Å²) in [5, 5.41) is 4.45. The van der Waals surface area contributed by atoms with E-state index in [1.54, 1.807) is 25.3 Å². The van der Waals surface area contributed by atoms with E-state index < -0.39 is 0 Å². The zero-order valence-electron chi connectivity index (χ0n) is 9.63. The summed E-state index contributed by atoms with van der Waals surface area (Å²) in [4.78, 5) is 16.2. The molecule has 4 heteroatoms. The minimum absolute atomic E-state index is 0.0815. The van der Waals surface area contributed by atoms with Crippen LogP contribution in [0.2, 0.25) is 0 Å². The van der Waals surface area contributed by atoms with Crippen molar-refractivity contribution in [2.45, 2.75) is 26.3 Å². The van der Waals surface area contributed by atoms with E-state index in [0.717, 1.165) is 0 Å². The topological polar surface area (TPSA) is 41.6 Å². The van der Waals surface area contributed by atoms with Crippen LogP contribution in [0.15, 0.2) is 12.2 Å². The fraction of sp³-hybridized carbons (Fsp3) is 0.700. The Morgan fingerprint density at radius 2 is 2.07 bits per heavy atom. The molecule has 0 spiro atoms. The van der Waals surface area contributed by atoms with Crippen molar-refractivity contribution in [3.8, 4) is 0 Å². The highest BCUT2D eigenvalue weighted by atomic mass is 16.7. The highest BCUT2D eigenvalue weighted by molar-refractivity contribution is 5.87. The number of nitrogens with zero attached hydrogens (tertiary/aromatic N) is 1. The maximum absolute atomic E-state index is 11.3. The van der Waals surface area contributed by atoms with Crippen molar-refractivity contribution in [2.24, 2.45) is 0 Å². The highest BCUT2D eigenvalue weighted by Gasteiger charge is 2.10. The molecule has 1 N–H and O–H groups in total. The van der Waals surface area contributed by atoms with Crippen LogP contribution in [0.4, 0.5) is 0 Å². The van der Waals surface area contributed by atoms with Gasteiger partial charge in [0, 0.05) is 25.2 Å². The second-order valence-corrected chi connectivity index (χ2v) is 4.13. The summed E-state index contributed by atoms with van der Waals surface area (Å²) < 4.78 is 0. The van der Waals surface area contributed by atoms with Gasteiger partial charge in [-0.15, -0.1) is 0 Å². The summed E-state index contributed by atoms with van der Waals surface area (Å²) in [6.07, 6.45) is 3.27. The Bertz CT molecular complexity index is 207. The summed E-state index contributed by atoms with van der Waals surface area (Å²) in [5.41, 5.74) is -0.186. The first-order valence-electron chi connectivity index (χ1n) is 4.59. The fourth-order valence-corrected chi connectivity index (χ4v) is 0.794. The standard InChI is InChI=1S/C10H20N2O2/c1-10(2,3)11-9(13)7-6-8-12(4)14-5/h6-7H,8H2,1-5H3,(H,11,13)/b7-6+. The van der Waals surface area contributed by atoms with Gasteiger partial charge in [0.25, 0.3) is 0 Å². The van der Waals surface area contributed by atoms with E-state index in [1.165, 1.54) is 6.08 Å². The maximum atomic E-state index is 11.3. The van der Waals surface area contributed by atoms with E-state index in [1.807, 2.05) is 20.8 Å². The molecule has 0 unspecified atom stereocenters. The first-order valence-corrected chi connectivity index (χ1v) is 4.59. The number of nitrogens with one attached hydrogen (secondary N) is 1. The molecule has 0 aromatic carbocycles. The van der Waals surface area contributed by atoms with Crippen LogP contribution in [0.25, 0.3) is 0 Å². The summed E-state index contributed by atoms with van der Waals surface area (Å²) in [6.45, 7) is 6.42. The molecular weight excluding hydrogens is 180 g/mol. The van der Waals surface area contributed by atoms with Crippen molar-refractivity contribution in [1.82, 2.24) is 10.4 Å². The SMILES string of the molecule is CON(C)C/C=C/C(=O)NC(C)(C)C. The zero-order valence-corrected chi connectivity index (χ0v) is 9.63. The van der Waals surface area contributed by atoms with Gasteiger partial charge < -0.3 is 10.2 Å². The molecule has 0 saturated heterocycles. The Hall–Kier alpha value is -0.870. The Balaban J connectivity index is 3.83. The van der Waals surface area contributed by atoms with E-state index in [4.69, 9.17) is 4.84 Å². The second-order valence-electron chi connectivity index (χ2n) is 4.13. The Morgan fingerprint density at radius 3 is 2.50 bits per heavy atom. The van der Waals surface area contributed by atoms with Crippen LogP contribution in [0.3, 0.4) is 0 Å². The van der Waals surface area contributed by atoms with Crippen LogP contribution in [-0.2, 0) is 9.63 Å². The van der Waals surface area contributed by atoms with Crippen LogP contribution in [0.1, 0.15) is 20.8 Å². The molecular formula is C10H20N2O2. The van der Waals surface area contributed by atoms with Gasteiger partial charge in [0.15, 0.2) is 0 Å². The predicted octanol–water partition coefficient (Wildman–Crippen LogP) is 0.950. The number of likely N-dealkylation sites (N-methyl/N-ethyl adjacent to an activating group) is 1. The quantitative estimate of drug-likeness (QED) is 0.542. The molecule has 0 heterocycles. The van der Waals surface area contributed by atoms with Crippen LogP contribution in [0, 0.1) is 0 Å². The lowest BCUT2D eigenvalue weighted by molar-refractivity contribution is -0.118. The zero-order chi connectivity index (χ0) is 11.2. The number of carbonyl (C=O) groups is 1. The molecule has 0 atom stereocenters. The normalized spacial score (nSPS) is 12.4. The number of hydroxylamine groups is 2.